The van der Waals surface area contributed by atoms with Gasteiger partial charge < -0.3 is 10.6 Å². The first kappa shape index (κ1) is 16.5. The quantitative estimate of drug-likeness (QED) is 0.859. The first-order chi connectivity index (χ1) is 10.6. The maximum Gasteiger partial charge on any atom is 0.0213 e. The van der Waals surface area contributed by atoms with E-state index in [4.69, 9.17) is 5.73 Å². The molecule has 22 heavy (non-hydrogen) atoms. The van der Waals surface area contributed by atoms with Crippen molar-refractivity contribution in [2.45, 2.75) is 56.3 Å². The monoisotopic (exact) mass is 364 g/mol. The van der Waals surface area contributed by atoms with Crippen molar-refractivity contribution >= 4 is 15.9 Å². The Morgan fingerprint density at radius 2 is 1.86 bits per heavy atom. The van der Waals surface area contributed by atoms with Crippen LogP contribution in [-0.4, -0.2) is 31.6 Å². The van der Waals surface area contributed by atoms with Gasteiger partial charge in [-0.25, -0.2) is 0 Å². The molecule has 3 rings (SSSR count). The van der Waals surface area contributed by atoms with Crippen molar-refractivity contribution in [1.29, 1.82) is 0 Å². The lowest BCUT2D eigenvalue weighted by molar-refractivity contribution is 0.255. The minimum Gasteiger partial charge on any atom is -0.330 e. The van der Waals surface area contributed by atoms with E-state index in [1.807, 2.05) is 0 Å². The number of rotatable bonds is 3. The number of hydrogen-bond donors (Lipinski definition) is 1. The fourth-order valence-electron chi connectivity index (χ4n) is 4.35. The molecule has 0 bridgehead atoms. The first-order valence-electron chi connectivity index (χ1n) is 8.83. The van der Waals surface area contributed by atoms with Gasteiger partial charge in [0.05, 0.1) is 0 Å². The maximum absolute atomic E-state index is 6.20. The molecule has 0 radical (unpaired) electrons. The van der Waals surface area contributed by atoms with Gasteiger partial charge in [0, 0.05) is 16.4 Å². The van der Waals surface area contributed by atoms with Gasteiger partial charge >= 0.3 is 0 Å². The summed E-state index contributed by atoms with van der Waals surface area (Å²) in [7, 11) is 2.22. The molecule has 122 valence electrons. The standard InChI is InChI=1S/C19H29BrN2/c1-22-11-7-15(8-12-22)17-6-5-16(13-18(17)20)19(14-21)9-3-2-4-10-19/h5-6,13,15H,2-4,7-12,14,21H2,1H3. The number of nitrogens with two attached hydrogens (primary N) is 1. The minimum atomic E-state index is 0.228. The molecule has 0 aromatic heterocycles. The van der Waals surface area contributed by atoms with Crippen LogP contribution in [0.1, 0.15) is 62.0 Å². The summed E-state index contributed by atoms with van der Waals surface area (Å²) in [5.74, 6) is 0.708. The van der Waals surface area contributed by atoms with E-state index in [1.165, 1.54) is 73.6 Å². The van der Waals surface area contributed by atoms with Gasteiger partial charge in [0.1, 0.15) is 0 Å². The molecule has 0 spiro atoms. The Bertz CT molecular complexity index is 500. The highest BCUT2D eigenvalue weighted by Gasteiger charge is 2.33. The highest BCUT2D eigenvalue weighted by molar-refractivity contribution is 9.10. The summed E-state index contributed by atoms with van der Waals surface area (Å²) in [5.41, 5.74) is 9.38. The molecule has 3 heteroatoms. The van der Waals surface area contributed by atoms with E-state index in [9.17, 15) is 0 Å². The number of nitrogens with zero attached hydrogens (tertiary/aromatic N) is 1. The Morgan fingerprint density at radius 3 is 2.45 bits per heavy atom. The maximum atomic E-state index is 6.20. The lowest BCUT2D eigenvalue weighted by atomic mass is 9.69. The van der Waals surface area contributed by atoms with Crippen LogP contribution < -0.4 is 5.73 Å². The minimum absolute atomic E-state index is 0.228. The van der Waals surface area contributed by atoms with E-state index in [1.54, 1.807) is 0 Å². The van der Waals surface area contributed by atoms with Crippen LogP contribution >= 0.6 is 15.9 Å². The van der Waals surface area contributed by atoms with E-state index >= 15 is 0 Å². The van der Waals surface area contributed by atoms with Crippen LogP contribution in [0, 0.1) is 0 Å². The van der Waals surface area contributed by atoms with Crippen LogP contribution in [0.5, 0.6) is 0 Å². The van der Waals surface area contributed by atoms with Crippen LogP contribution in [0.4, 0.5) is 0 Å². The van der Waals surface area contributed by atoms with Crippen molar-refractivity contribution in [3.8, 4) is 0 Å². The van der Waals surface area contributed by atoms with Gasteiger partial charge in [-0.15, -0.1) is 0 Å². The molecule has 1 aliphatic heterocycles. The third-order valence-electron chi connectivity index (χ3n) is 5.97. The van der Waals surface area contributed by atoms with Crippen molar-refractivity contribution in [1.82, 2.24) is 4.90 Å². The predicted octanol–water partition coefficient (Wildman–Crippen LogP) is 4.42. The Balaban J connectivity index is 1.82. The van der Waals surface area contributed by atoms with Crippen molar-refractivity contribution in [2.75, 3.05) is 26.7 Å². The summed E-state index contributed by atoms with van der Waals surface area (Å²) in [6.45, 7) is 3.21. The van der Waals surface area contributed by atoms with Crippen LogP contribution in [0.25, 0.3) is 0 Å². The third-order valence-corrected chi connectivity index (χ3v) is 6.66. The molecular weight excluding hydrogens is 336 g/mol. The highest BCUT2D eigenvalue weighted by Crippen LogP contribution is 2.41. The molecule has 2 nitrogen and oxygen atoms in total. The Hall–Kier alpha value is -0.380. The molecule has 2 N–H and O–H groups in total. The molecular formula is C19H29BrN2. The lowest BCUT2D eigenvalue weighted by Gasteiger charge is -2.37. The van der Waals surface area contributed by atoms with Gasteiger partial charge in [0.15, 0.2) is 0 Å². The van der Waals surface area contributed by atoms with Gasteiger partial charge in [-0.3, -0.25) is 0 Å². The van der Waals surface area contributed by atoms with Gasteiger partial charge in [0.2, 0.25) is 0 Å². The Labute approximate surface area is 143 Å². The summed E-state index contributed by atoms with van der Waals surface area (Å²) >= 11 is 3.86. The molecule has 0 unspecified atom stereocenters. The Morgan fingerprint density at radius 1 is 1.18 bits per heavy atom. The number of hydrogen-bond acceptors (Lipinski definition) is 2. The van der Waals surface area contributed by atoms with E-state index in [2.05, 4.69) is 46.1 Å². The van der Waals surface area contributed by atoms with Crippen molar-refractivity contribution in [3.05, 3.63) is 33.8 Å². The summed E-state index contributed by atoms with van der Waals surface area (Å²) in [5, 5.41) is 0. The Kier molecular flexibility index (Phi) is 5.26. The molecule has 0 amide bonds. The number of likely N-dealkylation sites (tertiary alicyclic amines) is 1. The van der Waals surface area contributed by atoms with Crippen LogP contribution in [0.2, 0.25) is 0 Å². The molecule has 1 saturated carbocycles. The summed E-state index contributed by atoms with van der Waals surface area (Å²) in [4.78, 5) is 2.43. The fraction of sp³-hybridized carbons (Fsp3) is 0.684. The zero-order chi connectivity index (χ0) is 15.6. The van der Waals surface area contributed by atoms with E-state index in [-0.39, 0.29) is 5.41 Å². The van der Waals surface area contributed by atoms with Gasteiger partial charge in [0.25, 0.3) is 0 Å². The predicted molar refractivity (Wildman–Crippen MR) is 97.4 cm³/mol. The largest absolute Gasteiger partial charge is 0.330 e. The second kappa shape index (κ2) is 7.02. The summed E-state index contributed by atoms with van der Waals surface area (Å²) in [6, 6.07) is 7.13. The van der Waals surface area contributed by atoms with Crippen molar-refractivity contribution in [3.63, 3.8) is 0 Å². The first-order valence-corrected chi connectivity index (χ1v) is 9.62. The van der Waals surface area contributed by atoms with E-state index in [0.29, 0.717) is 5.92 Å². The van der Waals surface area contributed by atoms with Crippen LogP contribution in [0.3, 0.4) is 0 Å². The van der Waals surface area contributed by atoms with E-state index in [0.717, 1.165) is 6.54 Å². The molecule has 1 heterocycles. The highest BCUT2D eigenvalue weighted by atomic mass is 79.9. The second-order valence-corrected chi connectivity index (χ2v) is 8.21. The van der Waals surface area contributed by atoms with Gasteiger partial charge in [-0.2, -0.15) is 0 Å². The molecule has 1 aromatic rings. The third kappa shape index (κ3) is 3.27. The van der Waals surface area contributed by atoms with Gasteiger partial charge in [-0.1, -0.05) is 47.3 Å². The van der Waals surface area contributed by atoms with E-state index < -0.39 is 0 Å². The zero-order valence-electron chi connectivity index (χ0n) is 13.8. The molecule has 1 aliphatic carbocycles. The van der Waals surface area contributed by atoms with Crippen molar-refractivity contribution in [2.24, 2.45) is 5.73 Å². The zero-order valence-corrected chi connectivity index (χ0v) is 15.4. The number of benzene rings is 1. The van der Waals surface area contributed by atoms with Crippen LogP contribution in [-0.2, 0) is 5.41 Å². The average molecular weight is 365 g/mol. The second-order valence-electron chi connectivity index (χ2n) is 7.36. The number of halogens is 1. The lowest BCUT2D eigenvalue weighted by Crippen LogP contribution is -2.37. The average Bonchev–Trinajstić information content (AvgIpc) is 2.56. The topological polar surface area (TPSA) is 29.3 Å². The van der Waals surface area contributed by atoms with Gasteiger partial charge in [-0.05, 0) is 68.9 Å². The normalized spacial score (nSPS) is 23.6. The summed E-state index contributed by atoms with van der Waals surface area (Å²) in [6.07, 6.45) is 9.08. The SMILES string of the molecule is CN1CCC(c2ccc(C3(CN)CCCCC3)cc2Br)CC1. The molecule has 2 fully saturated rings. The molecule has 1 saturated heterocycles. The molecule has 0 atom stereocenters. The van der Waals surface area contributed by atoms with Crippen LogP contribution in [0.15, 0.2) is 22.7 Å². The fourth-order valence-corrected chi connectivity index (χ4v) is 5.05. The number of piperidine rings is 1. The molecule has 1 aromatic carbocycles. The molecule has 2 aliphatic rings. The van der Waals surface area contributed by atoms with Crippen molar-refractivity contribution < 1.29 is 0 Å². The summed E-state index contributed by atoms with van der Waals surface area (Å²) < 4.78 is 1.30. The smallest absolute Gasteiger partial charge is 0.0213 e.